The molecule has 1 atom stereocenters. The summed E-state index contributed by atoms with van der Waals surface area (Å²) < 4.78 is 8.92. The number of benzene rings is 1. The van der Waals surface area contributed by atoms with Gasteiger partial charge in [0.2, 0.25) is 0 Å². The van der Waals surface area contributed by atoms with Gasteiger partial charge in [-0.1, -0.05) is 36.6 Å². The predicted molar refractivity (Wildman–Crippen MR) is 136 cm³/mol. The van der Waals surface area contributed by atoms with Crippen LogP contribution in [0, 0.1) is 6.92 Å². The number of aromatic nitrogens is 3. The van der Waals surface area contributed by atoms with Gasteiger partial charge in [-0.15, -0.1) is 9.24 Å². The number of hydrogen-bond acceptors (Lipinski definition) is 5. The van der Waals surface area contributed by atoms with Crippen LogP contribution in [0.3, 0.4) is 0 Å². The average molecular weight is 465 g/mol. The zero-order chi connectivity index (χ0) is 22.2. The van der Waals surface area contributed by atoms with Crippen LogP contribution in [0.1, 0.15) is 11.1 Å². The molecule has 4 aromatic rings. The molecule has 5 rings (SSSR count). The Morgan fingerprint density at radius 3 is 2.72 bits per heavy atom. The second-order valence-electron chi connectivity index (χ2n) is 8.18. The van der Waals surface area contributed by atoms with E-state index in [1.807, 2.05) is 24.7 Å². The van der Waals surface area contributed by atoms with Crippen LogP contribution in [0.5, 0.6) is 0 Å². The number of fused-ring (bicyclic) bond motifs is 1. The predicted octanol–water partition coefficient (Wildman–Crippen LogP) is 3.25. The van der Waals surface area contributed by atoms with Crippen LogP contribution in [0.25, 0.3) is 22.2 Å². The van der Waals surface area contributed by atoms with Crippen molar-refractivity contribution < 1.29 is 4.74 Å². The molecule has 0 aliphatic carbocycles. The SMILES string of the molecule is Cc1cc(P)cc(Cn2ccc(-c3cn(S)c4ncc(N5CCOCC5)cc34)cc2=O)c1. The van der Waals surface area contributed by atoms with E-state index in [1.165, 1.54) is 5.56 Å². The summed E-state index contributed by atoms with van der Waals surface area (Å²) in [4.78, 5) is 19.8. The zero-order valence-electron chi connectivity index (χ0n) is 17.9. The second kappa shape index (κ2) is 8.74. The third-order valence-electron chi connectivity index (χ3n) is 5.81. The maximum absolute atomic E-state index is 12.9. The van der Waals surface area contributed by atoms with Gasteiger partial charge in [0, 0.05) is 42.5 Å². The molecular weight excluding hydrogens is 439 g/mol. The molecule has 164 valence electrons. The Morgan fingerprint density at radius 2 is 1.97 bits per heavy atom. The smallest absolute Gasteiger partial charge is 0.251 e. The van der Waals surface area contributed by atoms with Crippen molar-refractivity contribution in [2.45, 2.75) is 13.5 Å². The summed E-state index contributed by atoms with van der Waals surface area (Å²) in [5.41, 5.74) is 5.90. The maximum atomic E-state index is 12.9. The van der Waals surface area contributed by atoms with Crippen LogP contribution in [0.4, 0.5) is 5.69 Å². The molecule has 0 radical (unpaired) electrons. The summed E-state index contributed by atoms with van der Waals surface area (Å²) in [5, 5.41) is 2.10. The normalized spacial score (nSPS) is 14.3. The molecule has 6 nitrogen and oxygen atoms in total. The maximum Gasteiger partial charge on any atom is 0.251 e. The van der Waals surface area contributed by atoms with Crippen LogP contribution in [0.2, 0.25) is 0 Å². The van der Waals surface area contributed by atoms with Gasteiger partial charge in [-0.3, -0.25) is 8.77 Å². The molecule has 1 saturated heterocycles. The quantitative estimate of drug-likeness (QED) is 0.372. The highest BCUT2D eigenvalue weighted by Crippen LogP contribution is 2.32. The van der Waals surface area contributed by atoms with Crippen LogP contribution in [-0.2, 0) is 11.3 Å². The molecule has 1 aromatic carbocycles. The van der Waals surface area contributed by atoms with Gasteiger partial charge in [-0.25, -0.2) is 4.98 Å². The summed E-state index contributed by atoms with van der Waals surface area (Å²) in [6.07, 6.45) is 5.66. The number of thiol groups is 1. The van der Waals surface area contributed by atoms with Crippen LogP contribution >= 0.6 is 22.1 Å². The molecule has 1 aliphatic heterocycles. The molecule has 8 heteroatoms. The van der Waals surface area contributed by atoms with Gasteiger partial charge in [-0.2, -0.15) is 0 Å². The molecule has 0 bridgehead atoms. The van der Waals surface area contributed by atoms with Gasteiger partial charge in [-0.05, 0) is 35.5 Å². The van der Waals surface area contributed by atoms with E-state index in [0.717, 1.165) is 65.0 Å². The Labute approximate surface area is 194 Å². The lowest BCUT2D eigenvalue weighted by Gasteiger charge is -2.28. The number of morpholine rings is 1. The van der Waals surface area contributed by atoms with E-state index in [2.05, 4.69) is 63.1 Å². The Balaban J connectivity index is 1.50. The summed E-state index contributed by atoms with van der Waals surface area (Å²) >= 11 is 4.55. The molecule has 4 heterocycles. The summed E-state index contributed by atoms with van der Waals surface area (Å²) in [6.45, 7) is 5.73. The van der Waals surface area contributed by atoms with Crippen LogP contribution in [-0.4, -0.2) is 39.8 Å². The first-order valence-corrected chi connectivity index (χ1v) is 11.6. The van der Waals surface area contributed by atoms with Gasteiger partial charge in [0.25, 0.3) is 5.56 Å². The van der Waals surface area contributed by atoms with Crippen LogP contribution < -0.4 is 15.8 Å². The number of rotatable bonds is 4. The molecular formula is C24H25N4O2PS. The first-order valence-electron chi connectivity index (χ1n) is 10.6. The Morgan fingerprint density at radius 1 is 1.16 bits per heavy atom. The molecule has 0 spiro atoms. The fraction of sp³-hybridized carbons (Fsp3) is 0.250. The Hall–Kier alpha value is -2.60. The third kappa shape index (κ3) is 4.20. The van der Waals surface area contributed by atoms with Gasteiger partial charge in [0.1, 0.15) is 0 Å². The number of nitrogens with zero attached hydrogens (tertiary/aromatic N) is 4. The van der Waals surface area contributed by atoms with E-state index < -0.39 is 0 Å². The molecule has 0 saturated carbocycles. The van der Waals surface area contributed by atoms with Crippen LogP contribution in [0.15, 0.2) is 59.8 Å². The molecule has 1 aliphatic rings. The van der Waals surface area contributed by atoms with Crippen molar-refractivity contribution in [3.05, 3.63) is 76.5 Å². The Kier molecular flexibility index (Phi) is 5.80. The number of anilines is 1. The number of aryl methyl sites for hydroxylation is 1. The first-order chi connectivity index (χ1) is 15.5. The first kappa shape index (κ1) is 21.3. The number of pyridine rings is 2. The molecule has 3 aromatic heterocycles. The monoisotopic (exact) mass is 464 g/mol. The molecule has 32 heavy (non-hydrogen) atoms. The minimum atomic E-state index is -0.0355. The minimum absolute atomic E-state index is 0.0355. The van der Waals surface area contributed by atoms with Crippen molar-refractivity contribution in [2.75, 3.05) is 31.2 Å². The van der Waals surface area contributed by atoms with Gasteiger partial charge < -0.3 is 14.2 Å². The molecule has 0 amide bonds. The highest BCUT2D eigenvalue weighted by Gasteiger charge is 2.16. The van der Waals surface area contributed by atoms with E-state index >= 15 is 0 Å². The van der Waals surface area contributed by atoms with Crippen molar-refractivity contribution in [2.24, 2.45) is 0 Å². The Bertz CT molecular complexity index is 1340. The second-order valence-corrected chi connectivity index (χ2v) is 9.28. The number of hydrogen-bond donors (Lipinski definition) is 1. The third-order valence-corrected chi connectivity index (χ3v) is 6.44. The number of ether oxygens (including phenoxy) is 1. The summed E-state index contributed by atoms with van der Waals surface area (Å²) in [7, 11) is 2.73. The fourth-order valence-corrected chi connectivity index (χ4v) is 5.04. The minimum Gasteiger partial charge on any atom is -0.378 e. The molecule has 1 fully saturated rings. The molecule has 1 unspecified atom stereocenters. The van der Waals surface area contributed by atoms with Gasteiger partial charge in [0.05, 0.1) is 31.6 Å². The van der Waals surface area contributed by atoms with E-state index in [0.29, 0.717) is 6.54 Å². The van der Waals surface area contributed by atoms with E-state index in [1.54, 1.807) is 14.6 Å². The van der Waals surface area contributed by atoms with E-state index in [-0.39, 0.29) is 5.56 Å². The summed E-state index contributed by atoms with van der Waals surface area (Å²) in [5.74, 6) is 0. The van der Waals surface area contributed by atoms with Gasteiger partial charge in [0.15, 0.2) is 5.65 Å². The summed E-state index contributed by atoms with van der Waals surface area (Å²) in [6, 6.07) is 12.1. The zero-order valence-corrected chi connectivity index (χ0v) is 19.9. The van der Waals surface area contributed by atoms with Crippen molar-refractivity contribution in [3.8, 4) is 11.1 Å². The van der Waals surface area contributed by atoms with Crippen molar-refractivity contribution in [1.82, 2.24) is 13.5 Å². The van der Waals surface area contributed by atoms with Gasteiger partial charge >= 0.3 is 0 Å². The van der Waals surface area contributed by atoms with Crippen molar-refractivity contribution in [3.63, 3.8) is 0 Å². The standard InChI is InChI=1S/C24H25N4O2PS/c1-16-8-17(10-20(31)9-16)14-27-3-2-18(11-23(27)29)22-15-28(32)24-21(22)12-19(13-25-24)26-4-6-30-7-5-26/h2-3,8-13,15,32H,4-7,14,31H2,1H3. The lowest BCUT2D eigenvalue weighted by Crippen LogP contribution is -2.36. The fourth-order valence-electron chi connectivity index (χ4n) is 4.29. The average Bonchev–Trinajstić information content (AvgIpc) is 3.11. The highest BCUT2D eigenvalue weighted by molar-refractivity contribution is 7.78. The highest BCUT2D eigenvalue weighted by atomic mass is 32.1. The molecule has 0 N–H and O–H groups in total. The van der Waals surface area contributed by atoms with Crippen molar-refractivity contribution >= 4 is 44.1 Å². The lowest BCUT2D eigenvalue weighted by atomic mass is 10.1. The van der Waals surface area contributed by atoms with E-state index in [4.69, 9.17) is 4.74 Å². The largest absolute Gasteiger partial charge is 0.378 e. The topological polar surface area (TPSA) is 52.3 Å². The lowest BCUT2D eigenvalue weighted by molar-refractivity contribution is 0.122. The van der Waals surface area contributed by atoms with E-state index in [9.17, 15) is 4.79 Å². The van der Waals surface area contributed by atoms with Crippen molar-refractivity contribution in [1.29, 1.82) is 0 Å².